The molecule has 2 rings (SSSR count). The Labute approximate surface area is 121 Å². The van der Waals surface area contributed by atoms with Gasteiger partial charge in [-0.15, -0.1) is 10.2 Å². The molecule has 0 bridgehead atoms. The fourth-order valence-electron chi connectivity index (χ4n) is 1.96. The molecule has 20 heavy (non-hydrogen) atoms. The van der Waals surface area contributed by atoms with Gasteiger partial charge in [0.2, 0.25) is 11.1 Å². The van der Waals surface area contributed by atoms with Crippen LogP contribution < -0.4 is 5.84 Å². The molecule has 0 radical (unpaired) electrons. The summed E-state index contributed by atoms with van der Waals surface area (Å²) in [5, 5.41) is 8.11. The van der Waals surface area contributed by atoms with Crippen molar-refractivity contribution in [3.05, 3.63) is 5.82 Å². The first-order valence-electron chi connectivity index (χ1n) is 6.06. The van der Waals surface area contributed by atoms with E-state index >= 15 is 0 Å². The Balaban J connectivity index is 1.90. The number of hydrogen-bond acceptors (Lipinski definition) is 7. The van der Waals surface area contributed by atoms with Gasteiger partial charge in [0.05, 0.1) is 17.3 Å². The Kier molecular flexibility index (Phi) is 4.23. The molecule has 10 heteroatoms. The normalized spacial score (nSPS) is 21.0. The SMILES string of the molecule is Cc1nnc(SCC(=O)N(C)[C@H]2CCS(=O)(=O)C2)n1N. The molecule has 1 saturated heterocycles. The predicted octanol–water partition coefficient (Wildman–Crippen LogP) is -0.962. The molecule has 0 unspecified atom stereocenters. The lowest BCUT2D eigenvalue weighted by Crippen LogP contribution is -2.38. The third-order valence-corrected chi connectivity index (χ3v) is 5.99. The fourth-order valence-corrected chi connectivity index (χ4v) is 4.56. The summed E-state index contributed by atoms with van der Waals surface area (Å²) >= 11 is 1.19. The molecular weight excluding hydrogens is 302 g/mol. The summed E-state index contributed by atoms with van der Waals surface area (Å²) in [6.45, 7) is 1.72. The van der Waals surface area contributed by atoms with Crippen molar-refractivity contribution in [1.82, 2.24) is 19.8 Å². The van der Waals surface area contributed by atoms with Crippen LogP contribution in [0, 0.1) is 6.92 Å². The van der Waals surface area contributed by atoms with E-state index in [0.29, 0.717) is 17.4 Å². The Bertz CT molecular complexity index is 612. The van der Waals surface area contributed by atoms with E-state index in [1.165, 1.54) is 21.3 Å². The van der Waals surface area contributed by atoms with Crippen molar-refractivity contribution >= 4 is 27.5 Å². The Morgan fingerprint density at radius 3 is 2.75 bits per heavy atom. The summed E-state index contributed by atoms with van der Waals surface area (Å²) in [5.41, 5.74) is 0. The lowest BCUT2D eigenvalue weighted by Gasteiger charge is -2.23. The van der Waals surface area contributed by atoms with Crippen molar-refractivity contribution < 1.29 is 13.2 Å². The summed E-state index contributed by atoms with van der Waals surface area (Å²) in [7, 11) is -1.36. The lowest BCUT2D eigenvalue weighted by molar-refractivity contribution is -0.128. The largest absolute Gasteiger partial charge is 0.341 e. The molecule has 2 N–H and O–H groups in total. The second-order valence-corrected chi connectivity index (χ2v) is 7.92. The van der Waals surface area contributed by atoms with Crippen molar-refractivity contribution in [3.8, 4) is 0 Å². The average Bonchev–Trinajstić information content (AvgIpc) is 2.90. The summed E-state index contributed by atoms with van der Waals surface area (Å²) in [4.78, 5) is 13.5. The lowest BCUT2D eigenvalue weighted by atomic mass is 10.2. The van der Waals surface area contributed by atoms with Gasteiger partial charge in [0.1, 0.15) is 5.82 Å². The van der Waals surface area contributed by atoms with E-state index in [1.54, 1.807) is 14.0 Å². The molecule has 0 spiro atoms. The highest BCUT2D eigenvalue weighted by atomic mass is 32.2. The highest BCUT2D eigenvalue weighted by Crippen LogP contribution is 2.19. The molecular formula is C10H17N5O3S2. The summed E-state index contributed by atoms with van der Waals surface area (Å²) < 4.78 is 24.1. The second kappa shape index (κ2) is 5.60. The third-order valence-electron chi connectivity index (χ3n) is 3.31. The van der Waals surface area contributed by atoms with Gasteiger partial charge in [0.25, 0.3) is 0 Å². The van der Waals surface area contributed by atoms with Gasteiger partial charge in [-0.2, -0.15) is 0 Å². The Morgan fingerprint density at radius 2 is 2.25 bits per heavy atom. The van der Waals surface area contributed by atoms with Gasteiger partial charge in [-0.05, 0) is 13.3 Å². The minimum atomic E-state index is -2.99. The summed E-state index contributed by atoms with van der Waals surface area (Å²) in [6.07, 6.45) is 0.501. The molecule has 1 aliphatic rings. The zero-order valence-corrected chi connectivity index (χ0v) is 12.9. The second-order valence-electron chi connectivity index (χ2n) is 4.75. The van der Waals surface area contributed by atoms with Crippen LogP contribution in [-0.2, 0) is 14.6 Å². The van der Waals surface area contributed by atoms with Crippen LogP contribution in [0.4, 0.5) is 0 Å². The molecule has 1 atom stereocenters. The number of carbonyl (C=O) groups is 1. The Hall–Kier alpha value is -1.29. The maximum Gasteiger partial charge on any atom is 0.233 e. The summed E-state index contributed by atoms with van der Waals surface area (Å²) in [6, 6.07) is -0.231. The number of rotatable bonds is 4. The highest BCUT2D eigenvalue weighted by Gasteiger charge is 2.32. The molecule has 2 heterocycles. The van der Waals surface area contributed by atoms with Gasteiger partial charge in [0.15, 0.2) is 9.84 Å². The number of carbonyl (C=O) groups excluding carboxylic acids is 1. The van der Waals surface area contributed by atoms with E-state index in [1.807, 2.05) is 0 Å². The van der Waals surface area contributed by atoms with Gasteiger partial charge in [-0.25, -0.2) is 13.1 Å². The molecule has 0 aromatic carbocycles. The third kappa shape index (κ3) is 3.23. The Morgan fingerprint density at radius 1 is 1.55 bits per heavy atom. The van der Waals surface area contributed by atoms with Crippen molar-refractivity contribution in [1.29, 1.82) is 0 Å². The first-order valence-corrected chi connectivity index (χ1v) is 8.87. The minimum Gasteiger partial charge on any atom is -0.341 e. The number of nitrogens with two attached hydrogens (primary N) is 1. The van der Waals surface area contributed by atoms with Crippen LogP contribution in [0.3, 0.4) is 0 Å². The number of hydrogen-bond donors (Lipinski definition) is 1. The average molecular weight is 319 g/mol. The smallest absolute Gasteiger partial charge is 0.233 e. The van der Waals surface area contributed by atoms with E-state index in [2.05, 4.69) is 10.2 Å². The molecule has 0 aliphatic carbocycles. The van der Waals surface area contributed by atoms with E-state index in [-0.39, 0.29) is 29.2 Å². The molecule has 112 valence electrons. The van der Waals surface area contributed by atoms with Crippen molar-refractivity contribution in [2.24, 2.45) is 0 Å². The number of nitrogens with zero attached hydrogens (tertiary/aromatic N) is 4. The number of thioether (sulfide) groups is 1. The van der Waals surface area contributed by atoms with Crippen LogP contribution in [0.1, 0.15) is 12.2 Å². The van der Waals surface area contributed by atoms with E-state index in [9.17, 15) is 13.2 Å². The van der Waals surface area contributed by atoms with E-state index in [0.717, 1.165) is 0 Å². The first-order chi connectivity index (χ1) is 9.30. The highest BCUT2D eigenvalue weighted by molar-refractivity contribution is 7.99. The van der Waals surface area contributed by atoms with Crippen LogP contribution in [0.5, 0.6) is 0 Å². The maximum absolute atomic E-state index is 12.0. The van der Waals surface area contributed by atoms with Gasteiger partial charge >= 0.3 is 0 Å². The van der Waals surface area contributed by atoms with E-state index < -0.39 is 9.84 Å². The van der Waals surface area contributed by atoms with Crippen LogP contribution in [-0.4, -0.2) is 64.4 Å². The number of aromatic nitrogens is 3. The van der Waals surface area contributed by atoms with Crippen LogP contribution in [0.15, 0.2) is 5.16 Å². The molecule has 1 amide bonds. The first kappa shape index (κ1) is 15.1. The molecule has 0 saturated carbocycles. The van der Waals surface area contributed by atoms with E-state index in [4.69, 9.17) is 5.84 Å². The molecule has 8 nitrogen and oxygen atoms in total. The fraction of sp³-hybridized carbons (Fsp3) is 0.700. The van der Waals surface area contributed by atoms with Crippen LogP contribution in [0.2, 0.25) is 0 Å². The van der Waals surface area contributed by atoms with Gasteiger partial charge < -0.3 is 10.7 Å². The van der Waals surface area contributed by atoms with Crippen molar-refractivity contribution in [2.75, 3.05) is 30.1 Å². The minimum absolute atomic E-state index is 0.0477. The van der Waals surface area contributed by atoms with Crippen LogP contribution >= 0.6 is 11.8 Å². The van der Waals surface area contributed by atoms with Crippen molar-refractivity contribution in [3.63, 3.8) is 0 Å². The quantitative estimate of drug-likeness (QED) is 0.562. The van der Waals surface area contributed by atoms with Gasteiger partial charge in [-0.1, -0.05) is 11.8 Å². The maximum atomic E-state index is 12.0. The predicted molar refractivity (Wildman–Crippen MR) is 75.5 cm³/mol. The summed E-state index contributed by atoms with van der Waals surface area (Å²) in [5.74, 6) is 6.47. The van der Waals surface area contributed by atoms with Gasteiger partial charge in [0, 0.05) is 13.1 Å². The molecule has 1 aliphatic heterocycles. The topological polar surface area (TPSA) is 111 Å². The van der Waals surface area contributed by atoms with Crippen LogP contribution in [0.25, 0.3) is 0 Å². The zero-order chi connectivity index (χ0) is 14.9. The molecule has 1 aromatic heterocycles. The number of amides is 1. The monoisotopic (exact) mass is 319 g/mol. The van der Waals surface area contributed by atoms with Gasteiger partial charge in [-0.3, -0.25) is 4.79 Å². The number of sulfone groups is 1. The van der Waals surface area contributed by atoms with Crippen molar-refractivity contribution in [2.45, 2.75) is 24.5 Å². The number of nitrogen functional groups attached to an aromatic ring is 1. The molecule has 1 aromatic rings. The standard InChI is InChI=1S/C10H17N5O3S2/c1-7-12-13-10(15(7)11)19-5-9(16)14(2)8-3-4-20(17,18)6-8/h8H,3-6,11H2,1-2H3/t8-/m0/s1. The molecule has 1 fully saturated rings. The zero-order valence-electron chi connectivity index (χ0n) is 11.3. The number of aryl methyl sites for hydroxylation is 1.